The molecular weight excluding hydrogens is 276 g/mol. The number of carboxylic acid groups (broad SMARTS) is 1. The largest absolute Gasteiger partial charge is 0.508 e. The highest BCUT2D eigenvalue weighted by Crippen LogP contribution is 2.25. The third-order valence-corrected chi connectivity index (χ3v) is 2.19. The summed E-state index contributed by atoms with van der Waals surface area (Å²) in [5.74, 6) is -5.01. The van der Waals surface area contributed by atoms with Crippen LogP contribution in [0.1, 0.15) is 11.6 Å². The summed E-state index contributed by atoms with van der Waals surface area (Å²) in [5.41, 5.74) is -0.911. The SMILES string of the molecule is C=CCOC(=O)NC(C(=O)O)c1c(F)cc(O)cc1F. The molecule has 0 heterocycles. The van der Waals surface area contributed by atoms with Crippen molar-refractivity contribution >= 4 is 12.1 Å². The molecule has 1 amide bonds. The number of nitrogens with one attached hydrogen (secondary N) is 1. The predicted molar refractivity (Wildman–Crippen MR) is 63.1 cm³/mol. The van der Waals surface area contributed by atoms with E-state index in [-0.39, 0.29) is 6.61 Å². The highest BCUT2D eigenvalue weighted by Gasteiger charge is 2.29. The number of alkyl carbamates (subject to hydrolysis) is 1. The van der Waals surface area contributed by atoms with Crippen molar-refractivity contribution in [3.05, 3.63) is 42.0 Å². The molecule has 1 rings (SSSR count). The van der Waals surface area contributed by atoms with E-state index in [9.17, 15) is 18.4 Å². The lowest BCUT2D eigenvalue weighted by molar-refractivity contribution is -0.139. The molecule has 0 fully saturated rings. The number of carbonyl (C=O) groups is 2. The van der Waals surface area contributed by atoms with E-state index in [1.54, 1.807) is 5.32 Å². The minimum absolute atomic E-state index is 0.196. The van der Waals surface area contributed by atoms with Gasteiger partial charge in [0.15, 0.2) is 6.04 Å². The second-order valence-corrected chi connectivity index (χ2v) is 3.63. The van der Waals surface area contributed by atoms with E-state index in [0.29, 0.717) is 12.1 Å². The number of halogens is 2. The van der Waals surface area contributed by atoms with Gasteiger partial charge < -0.3 is 20.3 Å². The number of amides is 1. The first-order valence-corrected chi connectivity index (χ1v) is 5.31. The second kappa shape index (κ2) is 6.50. The number of aromatic hydroxyl groups is 1. The summed E-state index contributed by atoms with van der Waals surface area (Å²) in [4.78, 5) is 22.3. The molecule has 0 aliphatic rings. The van der Waals surface area contributed by atoms with Crippen molar-refractivity contribution in [1.29, 1.82) is 0 Å². The monoisotopic (exact) mass is 287 g/mol. The second-order valence-electron chi connectivity index (χ2n) is 3.63. The molecule has 0 aromatic heterocycles. The molecule has 1 unspecified atom stereocenters. The fraction of sp³-hybridized carbons (Fsp3) is 0.167. The molecule has 20 heavy (non-hydrogen) atoms. The first kappa shape index (κ1) is 15.4. The van der Waals surface area contributed by atoms with Gasteiger partial charge >= 0.3 is 12.1 Å². The molecule has 6 nitrogen and oxygen atoms in total. The average molecular weight is 287 g/mol. The highest BCUT2D eigenvalue weighted by atomic mass is 19.1. The minimum atomic E-state index is -1.99. The van der Waals surface area contributed by atoms with Crippen LogP contribution in [0.4, 0.5) is 13.6 Å². The minimum Gasteiger partial charge on any atom is -0.508 e. The van der Waals surface area contributed by atoms with Crippen molar-refractivity contribution < 1.29 is 33.3 Å². The quantitative estimate of drug-likeness (QED) is 0.716. The van der Waals surface area contributed by atoms with Crippen molar-refractivity contribution in [2.45, 2.75) is 6.04 Å². The van der Waals surface area contributed by atoms with Crippen LogP contribution < -0.4 is 5.32 Å². The summed E-state index contributed by atoms with van der Waals surface area (Å²) in [5, 5.41) is 19.7. The Morgan fingerprint density at radius 3 is 2.40 bits per heavy atom. The van der Waals surface area contributed by atoms with Gasteiger partial charge in [0.2, 0.25) is 0 Å². The fourth-order valence-electron chi connectivity index (χ4n) is 1.40. The van der Waals surface area contributed by atoms with Crippen molar-refractivity contribution in [3.8, 4) is 5.75 Å². The lowest BCUT2D eigenvalue weighted by Gasteiger charge is -2.16. The molecule has 0 aliphatic heterocycles. The summed E-state index contributed by atoms with van der Waals surface area (Å²) in [6, 6.07) is -0.927. The number of hydrogen-bond acceptors (Lipinski definition) is 4. The van der Waals surface area contributed by atoms with Crippen LogP contribution in [0.3, 0.4) is 0 Å². The normalized spacial score (nSPS) is 11.5. The fourth-order valence-corrected chi connectivity index (χ4v) is 1.40. The first-order chi connectivity index (χ1) is 9.36. The number of carboxylic acids is 1. The smallest absolute Gasteiger partial charge is 0.408 e. The Morgan fingerprint density at radius 2 is 1.95 bits per heavy atom. The third-order valence-electron chi connectivity index (χ3n) is 2.19. The Morgan fingerprint density at radius 1 is 1.40 bits per heavy atom. The number of phenols is 1. The predicted octanol–water partition coefficient (Wildman–Crippen LogP) is 1.71. The first-order valence-electron chi connectivity index (χ1n) is 5.31. The molecule has 1 aromatic carbocycles. The number of rotatable bonds is 5. The van der Waals surface area contributed by atoms with E-state index in [1.165, 1.54) is 6.08 Å². The maximum absolute atomic E-state index is 13.6. The van der Waals surface area contributed by atoms with Gasteiger partial charge in [-0.25, -0.2) is 18.4 Å². The molecule has 1 aromatic rings. The molecule has 0 saturated carbocycles. The van der Waals surface area contributed by atoms with E-state index in [0.717, 1.165) is 0 Å². The summed E-state index contributed by atoms with van der Waals surface area (Å²) < 4.78 is 31.6. The molecule has 0 spiro atoms. The van der Waals surface area contributed by atoms with Gasteiger partial charge in [0, 0.05) is 12.1 Å². The van der Waals surface area contributed by atoms with Crippen LogP contribution in [-0.4, -0.2) is 28.9 Å². The number of hydrogen-bond donors (Lipinski definition) is 3. The number of carbonyl (C=O) groups excluding carboxylic acids is 1. The van der Waals surface area contributed by atoms with Crippen molar-refractivity contribution in [3.63, 3.8) is 0 Å². The molecule has 1 atom stereocenters. The molecule has 0 bridgehead atoms. The third kappa shape index (κ3) is 3.67. The van der Waals surface area contributed by atoms with Crippen LogP contribution in [0.5, 0.6) is 5.75 Å². The summed E-state index contributed by atoms with van der Waals surface area (Å²) in [6.07, 6.45) is 0.0565. The molecule has 0 radical (unpaired) electrons. The molecule has 0 saturated heterocycles. The molecule has 8 heteroatoms. The number of phenolic OH excluding ortho intramolecular Hbond substituents is 1. The standard InChI is InChI=1S/C12H11F2NO5/c1-2-3-20-12(19)15-10(11(17)18)9-7(13)4-6(16)5-8(9)14/h2,4-5,10,16H,1,3H2,(H,15,19)(H,17,18). The number of aliphatic carboxylic acids is 1. The van der Waals surface area contributed by atoms with Crippen LogP contribution in [0.15, 0.2) is 24.8 Å². The summed E-state index contributed by atoms with van der Waals surface area (Å²) in [7, 11) is 0. The van der Waals surface area contributed by atoms with Gasteiger partial charge in [-0.2, -0.15) is 0 Å². The van der Waals surface area contributed by atoms with Crippen LogP contribution >= 0.6 is 0 Å². The maximum Gasteiger partial charge on any atom is 0.408 e. The van der Waals surface area contributed by atoms with Crippen LogP contribution in [0.2, 0.25) is 0 Å². The lowest BCUT2D eigenvalue weighted by Crippen LogP contribution is -2.35. The van der Waals surface area contributed by atoms with Gasteiger partial charge in [0.1, 0.15) is 24.0 Å². The van der Waals surface area contributed by atoms with Gasteiger partial charge in [0.05, 0.1) is 5.56 Å². The van der Waals surface area contributed by atoms with Gasteiger partial charge in [-0.05, 0) is 0 Å². The Kier molecular flexibility index (Phi) is 5.01. The van der Waals surface area contributed by atoms with Crippen LogP contribution in [0, 0.1) is 11.6 Å². The lowest BCUT2D eigenvalue weighted by atomic mass is 10.1. The van der Waals surface area contributed by atoms with Crippen molar-refractivity contribution in [1.82, 2.24) is 5.32 Å². The van der Waals surface area contributed by atoms with Crippen molar-refractivity contribution in [2.75, 3.05) is 6.61 Å². The number of ether oxygens (including phenoxy) is 1. The zero-order chi connectivity index (χ0) is 15.3. The molecule has 3 N–H and O–H groups in total. The van der Waals surface area contributed by atoms with Gasteiger partial charge in [-0.3, -0.25) is 0 Å². The summed E-state index contributed by atoms with van der Waals surface area (Å²) in [6.45, 7) is 3.08. The Labute approximate surface area is 112 Å². The Bertz CT molecular complexity index is 524. The summed E-state index contributed by atoms with van der Waals surface area (Å²) >= 11 is 0. The molecule has 0 aliphatic carbocycles. The van der Waals surface area contributed by atoms with Gasteiger partial charge in [-0.1, -0.05) is 12.7 Å². The molecule has 108 valence electrons. The average Bonchev–Trinajstić information content (AvgIpc) is 2.33. The van der Waals surface area contributed by atoms with Gasteiger partial charge in [0.25, 0.3) is 0 Å². The van der Waals surface area contributed by atoms with Crippen molar-refractivity contribution in [2.24, 2.45) is 0 Å². The van der Waals surface area contributed by atoms with E-state index < -0.39 is 41.1 Å². The van der Waals surface area contributed by atoms with Gasteiger partial charge in [-0.15, -0.1) is 0 Å². The van der Waals surface area contributed by atoms with Crippen LogP contribution in [0.25, 0.3) is 0 Å². The highest BCUT2D eigenvalue weighted by molar-refractivity contribution is 5.81. The topological polar surface area (TPSA) is 95.9 Å². The Balaban J connectivity index is 3.06. The zero-order valence-electron chi connectivity index (χ0n) is 10.1. The Hall–Kier alpha value is -2.64. The maximum atomic E-state index is 13.6. The number of benzene rings is 1. The zero-order valence-corrected chi connectivity index (χ0v) is 10.1. The van der Waals surface area contributed by atoms with E-state index >= 15 is 0 Å². The van der Waals surface area contributed by atoms with E-state index in [4.69, 9.17) is 10.2 Å². The molecular formula is C12H11F2NO5. The van der Waals surface area contributed by atoms with E-state index in [1.807, 2.05) is 0 Å². The van der Waals surface area contributed by atoms with E-state index in [2.05, 4.69) is 11.3 Å². The van der Waals surface area contributed by atoms with Crippen LogP contribution in [-0.2, 0) is 9.53 Å².